The molecular weight excluding hydrogens is 266 g/mol. The average Bonchev–Trinajstić information content (AvgIpc) is 2.63. The number of benzene rings is 1. The molecule has 1 aliphatic heterocycles. The molecule has 1 heterocycles. The molecule has 0 bridgehead atoms. The molecule has 4 heteroatoms. The van der Waals surface area contributed by atoms with Gasteiger partial charge in [0.2, 0.25) is 0 Å². The van der Waals surface area contributed by atoms with Gasteiger partial charge in [-0.1, -0.05) is 30.3 Å². The molecule has 21 heavy (non-hydrogen) atoms. The zero-order valence-electron chi connectivity index (χ0n) is 13.6. The van der Waals surface area contributed by atoms with Crippen molar-refractivity contribution in [2.24, 2.45) is 0 Å². The van der Waals surface area contributed by atoms with Crippen molar-refractivity contribution in [3.05, 3.63) is 35.9 Å². The predicted octanol–water partition coefficient (Wildman–Crippen LogP) is 3.60. The monoisotopic (exact) mass is 291 g/mol. The lowest BCUT2D eigenvalue weighted by Crippen LogP contribution is -2.50. The van der Waals surface area contributed by atoms with Gasteiger partial charge in [-0.25, -0.2) is 4.79 Å². The van der Waals surface area contributed by atoms with Crippen LogP contribution in [-0.4, -0.2) is 35.0 Å². The summed E-state index contributed by atoms with van der Waals surface area (Å²) >= 11 is 0. The number of rotatable bonds is 2. The van der Waals surface area contributed by atoms with Crippen LogP contribution in [0.2, 0.25) is 0 Å². The Labute approximate surface area is 127 Å². The minimum absolute atomic E-state index is 0.00255. The van der Waals surface area contributed by atoms with Crippen LogP contribution in [0.4, 0.5) is 4.79 Å². The topological polar surface area (TPSA) is 38.8 Å². The van der Waals surface area contributed by atoms with Gasteiger partial charge in [-0.3, -0.25) is 4.90 Å². The van der Waals surface area contributed by atoms with Gasteiger partial charge in [0.05, 0.1) is 12.6 Å². The number of carbonyl (C=O) groups is 1. The number of hydrogen-bond donors (Lipinski definition) is 0. The SMILES string of the molecule is CC(C)(C)OC(=O)N1C(Cc2ccccc2)COC1(C)C. The summed E-state index contributed by atoms with van der Waals surface area (Å²) in [6.07, 6.45) is 0.453. The van der Waals surface area contributed by atoms with Gasteiger partial charge < -0.3 is 9.47 Å². The largest absolute Gasteiger partial charge is 0.444 e. The van der Waals surface area contributed by atoms with Crippen molar-refractivity contribution in [2.45, 2.75) is 58.4 Å². The maximum Gasteiger partial charge on any atom is 0.412 e. The normalized spacial score (nSPS) is 21.4. The van der Waals surface area contributed by atoms with Crippen LogP contribution in [0.25, 0.3) is 0 Å². The Bertz CT molecular complexity index is 491. The highest BCUT2D eigenvalue weighted by atomic mass is 16.6. The van der Waals surface area contributed by atoms with E-state index >= 15 is 0 Å². The van der Waals surface area contributed by atoms with E-state index in [2.05, 4.69) is 12.1 Å². The van der Waals surface area contributed by atoms with Gasteiger partial charge in [0.25, 0.3) is 0 Å². The third-order valence-electron chi connectivity index (χ3n) is 3.48. The Morgan fingerprint density at radius 2 is 1.95 bits per heavy atom. The van der Waals surface area contributed by atoms with Crippen LogP contribution >= 0.6 is 0 Å². The molecule has 1 amide bonds. The summed E-state index contributed by atoms with van der Waals surface area (Å²) in [6.45, 7) is 9.97. The van der Waals surface area contributed by atoms with Crippen LogP contribution in [0.1, 0.15) is 40.2 Å². The Kier molecular flexibility index (Phi) is 4.28. The van der Waals surface area contributed by atoms with Gasteiger partial charge in [-0.2, -0.15) is 0 Å². The number of hydrogen-bond acceptors (Lipinski definition) is 3. The molecule has 0 saturated carbocycles. The van der Waals surface area contributed by atoms with Crippen molar-refractivity contribution in [3.63, 3.8) is 0 Å². The first-order valence-electron chi connectivity index (χ1n) is 7.39. The summed E-state index contributed by atoms with van der Waals surface area (Å²) in [5.74, 6) is 0. The second-order valence-corrected chi connectivity index (χ2v) is 6.95. The molecule has 0 N–H and O–H groups in total. The van der Waals surface area contributed by atoms with Crippen LogP contribution < -0.4 is 0 Å². The fourth-order valence-electron chi connectivity index (χ4n) is 2.60. The van der Waals surface area contributed by atoms with E-state index in [1.54, 1.807) is 4.90 Å². The highest BCUT2D eigenvalue weighted by molar-refractivity contribution is 5.69. The van der Waals surface area contributed by atoms with E-state index in [9.17, 15) is 4.79 Å². The van der Waals surface area contributed by atoms with Crippen LogP contribution in [0.3, 0.4) is 0 Å². The molecule has 2 rings (SSSR count). The number of ether oxygens (including phenoxy) is 2. The quantitative estimate of drug-likeness (QED) is 0.835. The number of amides is 1. The summed E-state index contributed by atoms with van der Waals surface area (Å²) in [6, 6.07) is 10.1. The van der Waals surface area contributed by atoms with E-state index in [0.717, 1.165) is 6.42 Å². The first kappa shape index (κ1) is 15.8. The zero-order valence-corrected chi connectivity index (χ0v) is 13.6. The van der Waals surface area contributed by atoms with Gasteiger partial charge in [-0.15, -0.1) is 0 Å². The molecule has 1 aromatic carbocycles. The van der Waals surface area contributed by atoms with E-state index in [4.69, 9.17) is 9.47 Å². The summed E-state index contributed by atoms with van der Waals surface area (Å²) in [5, 5.41) is 0. The third-order valence-corrected chi connectivity index (χ3v) is 3.48. The number of carbonyl (C=O) groups excluding carboxylic acids is 1. The summed E-state index contributed by atoms with van der Waals surface area (Å²) in [4.78, 5) is 14.2. The molecule has 0 radical (unpaired) electrons. The second kappa shape index (κ2) is 5.68. The first-order chi connectivity index (χ1) is 9.69. The molecule has 4 nitrogen and oxygen atoms in total. The molecule has 1 atom stereocenters. The van der Waals surface area contributed by atoms with Crippen LogP contribution in [-0.2, 0) is 15.9 Å². The van der Waals surface area contributed by atoms with Crippen molar-refractivity contribution in [2.75, 3.05) is 6.61 Å². The maximum atomic E-state index is 12.5. The molecule has 1 saturated heterocycles. The van der Waals surface area contributed by atoms with Gasteiger partial charge in [0, 0.05) is 0 Å². The smallest absolute Gasteiger partial charge is 0.412 e. The van der Waals surface area contributed by atoms with E-state index < -0.39 is 11.3 Å². The van der Waals surface area contributed by atoms with E-state index in [1.165, 1.54) is 5.56 Å². The fraction of sp³-hybridized carbons (Fsp3) is 0.588. The second-order valence-electron chi connectivity index (χ2n) is 6.95. The molecule has 1 unspecified atom stereocenters. The number of nitrogens with zero attached hydrogens (tertiary/aromatic N) is 1. The van der Waals surface area contributed by atoms with Crippen molar-refractivity contribution in [3.8, 4) is 0 Å². The molecule has 0 aromatic heterocycles. The standard InChI is InChI=1S/C17H25NO3/c1-16(2,3)21-15(19)18-14(12-20-17(18,4)5)11-13-9-7-6-8-10-13/h6-10,14H,11-12H2,1-5H3. The van der Waals surface area contributed by atoms with E-state index in [1.807, 2.05) is 52.8 Å². The Morgan fingerprint density at radius 3 is 2.52 bits per heavy atom. The zero-order chi connectivity index (χ0) is 15.7. The average molecular weight is 291 g/mol. The van der Waals surface area contributed by atoms with Gasteiger partial charge in [0.1, 0.15) is 11.3 Å². The Morgan fingerprint density at radius 1 is 1.33 bits per heavy atom. The highest BCUT2D eigenvalue weighted by Crippen LogP contribution is 2.31. The minimum Gasteiger partial charge on any atom is -0.444 e. The predicted molar refractivity (Wildman–Crippen MR) is 82.0 cm³/mol. The summed E-state index contributed by atoms with van der Waals surface area (Å²) in [7, 11) is 0. The third kappa shape index (κ3) is 3.97. The molecular formula is C17H25NO3. The Hall–Kier alpha value is -1.55. The van der Waals surface area contributed by atoms with E-state index in [0.29, 0.717) is 6.61 Å². The Balaban J connectivity index is 2.15. The molecule has 1 fully saturated rings. The lowest BCUT2D eigenvalue weighted by atomic mass is 10.1. The lowest BCUT2D eigenvalue weighted by molar-refractivity contribution is -0.0623. The molecule has 1 aromatic rings. The van der Waals surface area contributed by atoms with E-state index in [-0.39, 0.29) is 12.1 Å². The van der Waals surface area contributed by atoms with Crippen molar-refractivity contribution in [1.29, 1.82) is 0 Å². The molecule has 116 valence electrons. The van der Waals surface area contributed by atoms with Gasteiger partial charge in [-0.05, 0) is 46.6 Å². The molecule has 1 aliphatic rings. The summed E-state index contributed by atoms with van der Waals surface area (Å²) in [5.41, 5.74) is 0.0480. The fourth-order valence-corrected chi connectivity index (χ4v) is 2.60. The van der Waals surface area contributed by atoms with Gasteiger partial charge in [0.15, 0.2) is 0 Å². The first-order valence-corrected chi connectivity index (χ1v) is 7.39. The van der Waals surface area contributed by atoms with Gasteiger partial charge >= 0.3 is 6.09 Å². The van der Waals surface area contributed by atoms with Crippen molar-refractivity contribution >= 4 is 6.09 Å². The minimum atomic E-state index is -0.637. The molecule has 0 spiro atoms. The van der Waals surface area contributed by atoms with Crippen LogP contribution in [0.5, 0.6) is 0 Å². The molecule has 0 aliphatic carbocycles. The summed E-state index contributed by atoms with van der Waals surface area (Å²) < 4.78 is 11.3. The highest BCUT2D eigenvalue weighted by Gasteiger charge is 2.45. The maximum absolute atomic E-state index is 12.5. The lowest BCUT2D eigenvalue weighted by Gasteiger charge is -2.35. The van der Waals surface area contributed by atoms with Crippen molar-refractivity contribution in [1.82, 2.24) is 4.90 Å². The van der Waals surface area contributed by atoms with Crippen LogP contribution in [0.15, 0.2) is 30.3 Å². The van der Waals surface area contributed by atoms with Crippen molar-refractivity contribution < 1.29 is 14.3 Å². The van der Waals surface area contributed by atoms with Crippen LogP contribution in [0, 0.1) is 0 Å².